The molecule has 0 aliphatic heterocycles. The SMILES string of the molecule is CC(C)Cn1ccc2cc(NC(=O)C(C)(C)N)ccc21. The molecule has 0 unspecified atom stereocenters. The molecule has 1 aromatic carbocycles. The van der Waals surface area contributed by atoms with E-state index in [1.807, 2.05) is 18.2 Å². The Morgan fingerprint density at radius 2 is 2.05 bits per heavy atom. The fraction of sp³-hybridized carbons (Fsp3) is 0.438. The van der Waals surface area contributed by atoms with Gasteiger partial charge in [-0.2, -0.15) is 0 Å². The lowest BCUT2D eigenvalue weighted by Crippen LogP contribution is -2.45. The number of nitrogens with zero attached hydrogens (tertiary/aromatic N) is 1. The highest BCUT2D eigenvalue weighted by molar-refractivity contribution is 5.98. The molecule has 2 aromatic rings. The van der Waals surface area contributed by atoms with E-state index in [2.05, 4.69) is 36.0 Å². The molecule has 0 atom stereocenters. The van der Waals surface area contributed by atoms with Crippen LogP contribution in [0.1, 0.15) is 27.7 Å². The van der Waals surface area contributed by atoms with Gasteiger partial charge in [0, 0.05) is 29.3 Å². The predicted molar refractivity (Wildman–Crippen MR) is 83.7 cm³/mol. The summed E-state index contributed by atoms with van der Waals surface area (Å²) in [6.07, 6.45) is 2.09. The van der Waals surface area contributed by atoms with Crippen LogP contribution in [0, 0.1) is 5.92 Å². The third kappa shape index (κ3) is 3.20. The number of anilines is 1. The Kier molecular flexibility index (Phi) is 3.86. The van der Waals surface area contributed by atoms with Gasteiger partial charge in [-0.1, -0.05) is 13.8 Å². The van der Waals surface area contributed by atoms with Crippen LogP contribution in [-0.2, 0) is 11.3 Å². The van der Waals surface area contributed by atoms with E-state index in [0.29, 0.717) is 5.92 Å². The van der Waals surface area contributed by atoms with Crippen molar-refractivity contribution < 1.29 is 4.79 Å². The molecule has 0 saturated carbocycles. The van der Waals surface area contributed by atoms with Crippen LogP contribution in [0.5, 0.6) is 0 Å². The van der Waals surface area contributed by atoms with Gasteiger partial charge in [0.15, 0.2) is 0 Å². The molecule has 0 radical (unpaired) electrons. The zero-order valence-electron chi connectivity index (χ0n) is 12.6. The molecule has 20 heavy (non-hydrogen) atoms. The summed E-state index contributed by atoms with van der Waals surface area (Å²) in [4.78, 5) is 11.9. The van der Waals surface area contributed by atoms with Gasteiger partial charge in [-0.15, -0.1) is 0 Å². The molecule has 4 heteroatoms. The lowest BCUT2D eigenvalue weighted by Gasteiger charge is -2.18. The van der Waals surface area contributed by atoms with Gasteiger partial charge in [-0.3, -0.25) is 4.79 Å². The van der Waals surface area contributed by atoms with E-state index in [1.165, 1.54) is 5.52 Å². The molecular weight excluding hydrogens is 250 g/mol. The Hall–Kier alpha value is -1.81. The van der Waals surface area contributed by atoms with Crippen molar-refractivity contribution in [3.63, 3.8) is 0 Å². The first kappa shape index (κ1) is 14.6. The number of amides is 1. The lowest BCUT2D eigenvalue weighted by molar-refractivity contribution is -0.120. The summed E-state index contributed by atoms with van der Waals surface area (Å²) in [5, 5.41) is 3.97. The highest BCUT2D eigenvalue weighted by Gasteiger charge is 2.21. The number of nitrogens with one attached hydrogen (secondary N) is 1. The van der Waals surface area contributed by atoms with Gasteiger partial charge >= 0.3 is 0 Å². The average Bonchev–Trinajstić information content (AvgIpc) is 2.70. The molecule has 0 aliphatic rings. The average molecular weight is 273 g/mol. The Bertz CT molecular complexity index is 620. The first-order chi connectivity index (χ1) is 9.27. The van der Waals surface area contributed by atoms with Crippen LogP contribution in [0.2, 0.25) is 0 Å². The Morgan fingerprint density at radius 1 is 1.35 bits per heavy atom. The minimum atomic E-state index is -0.876. The molecule has 1 aromatic heterocycles. The standard InChI is InChI=1S/C16H23N3O/c1-11(2)10-19-8-7-12-9-13(5-6-14(12)19)18-15(20)16(3,4)17/h5-9,11H,10,17H2,1-4H3,(H,18,20). The van der Waals surface area contributed by atoms with Gasteiger partial charge < -0.3 is 15.6 Å². The quantitative estimate of drug-likeness (QED) is 0.899. The summed E-state index contributed by atoms with van der Waals surface area (Å²) >= 11 is 0. The van der Waals surface area contributed by atoms with Crippen molar-refractivity contribution in [3.8, 4) is 0 Å². The van der Waals surface area contributed by atoms with E-state index in [1.54, 1.807) is 13.8 Å². The number of hydrogen-bond acceptors (Lipinski definition) is 2. The highest BCUT2D eigenvalue weighted by Crippen LogP contribution is 2.22. The van der Waals surface area contributed by atoms with Gasteiger partial charge in [-0.25, -0.2) is 0 Å². The predicted octanol–water partition coefficient (Wildman–Crippen LogP) is 2.97. The molecule has 0 spiro atoms. The number of nitrogens with two attached hydrogens (primary N) is 1. The minimum absolute atomic E-state index is 0.182. The van der Waals surface area contributed by atoms with Crippen LogP contribution < -0.4 is 11.1 Å². The third-order valence-corrected chi connectivity index (χ3v) is 3.18. The van der Waals surface area contributed by atoms with Crippen LogP contribution >= 0.6 is 0 Å². The van der Waals surface area contributed by atoms with Crippen molar-refractivity contribution in [1.29, 1.82) is 0 Å². The van der Waals surface area contributed by atoms with E-state index >= 15 is 0 Å². The van der Waals surface area contributed by atoms with E-state index in [-0.39, 0.29) is 5.91 Å². The highest BCUT2D eigenvalue weighted by atomic mass is 16.2. The Morgan fingerprint density at radius 3 is 2.65 bits per heavy atom. The molecular formula is C16H23N3O. The van der Waals surface area contributed by atoms with Gasteiger partial charge in [-0.05, 0) is 44.0 Å². The maximum atomic E-state index is 11.9. The number of carbonyl (C=O) groups excluding carboxylic acids is 1. The largest absolute Gasteiger partial charge is 0.347 e. The normalized spacial score (nSPS) is 12.1. The molecule has 0 aliphatic carbocycles. The van der Waals surface area contributed by atoms with Crippen molar-refractivity contribution in [3.05, 3.63) is 30.5 Å². The molecule has 1 amide bonds. The fourth-order valence-electron chi connectivity index (χ4n) is 2.12. The Balaban J connectivity index is 2.25. The monoisotopic (exact) mass is 273 g/mol. The summed E-state index contributed by atoms with van der Waals surface area (Å²) in [6, 6.07) is 8.01. The minimum Gasteiger partial charge on any atom is -0.347 e. The lowest BCUT2D eigenvalue weighted by atomic mass is 10.1. The number of aromatic nitrogens is 1. The summed E-state index contributed by atoms with van der Waals surface area (Å²) in [5.74, 6) is 0.418. The second-order valence-corrected chi connectivity index (χ2v) is 6.31. The maximum absolute atomic E-state index is 11.9. The van der Waals surface area contributed by atoms with Crippen LogP contribution in [-0.4, -0.2) is 16.0 Å². The zero-order valence-corrected chi connectivity index (χ0v) is 12.6. The molecule has 3 N–H and O–H groups in total. The van der Waals surface area contributed by atoms with E-state index in [0.717, 1.165) is 17.6 Å². The summed E-state index contributed by atoms with van der Waals surface area (Å²) < 4.78 is 2.23. The van der Waals surface area contributed by atoms with E-state index in [4.69, 9.17) is 5.73 Å². The molecule has 0 fully saturated rings. The van der Waals surface area contributed by atoms with Gasteiger partial charge in [0.25, 0.3) is 0 Å². The van der Waals surface area contributed by atoms with Crippen molar-refractivity contribution in [2.75, 3.05) is 5.32 Å². The fourth-order valence-corrected chi connectivity index (χ4v) is 2.12. The van der Waals surface area contributed by atoms with Crippen LogP contribution in [0.25, 0.3) is 10.9 Å². The number of rotatable bonds is 4. The van der Waals surface area contributed by atoms with Crippen LogP contribution in [0.15, 0.2) is 30.5 Å². The molecule has 0 bridgehead atoms. The second kappa shape index (κ2) is 5.29. The number of hydrogen-bond donors (Lipinski definition) is 2. The number of benzene rings is 1. The van der Waals surface area contributed by atoms with Crippen LogP contribution in [0.3, 0.4) is 0 Å². The van der Waals surface area contributed by atoms with E-state index in [9.17, 15) is 4.79 Å². The third-order valence-electron chi connectivity index (χ3n) is 3.18. The molecule has 4 nitrogen and oxygen atoms in total. The maximum Gasteiger partial charge on any atom is 0.243 e. The van der Waals surface area contributed by atoms with Crippen molar-refractivity contribution in [1.82, 2.24) is 4.57 Å². The van der Waals surface area contributed by atoms with Gasteiger partial charge in [0.05, 0.1) is 5.54 Å². The summed E-state index contributed by atoms with van der Waals surface area (Å²) in [6.45, 7) is 8.78. The Labute approximate surface area is 120 Å². The second-order valence-electron chi connectivity index (χ2n) is 6.31. The summed E-state index contributed by atoms with van der Waals surface area (Å²) in [5.41, 5.74) is 6.87. The van der Waals surface area contributed by atoms with Crippen molar-refractivity contribution >= 4 is 22.5 Å². The molecule has 1 heterocycles. The first-order valence-electron chi connectivity index (χ1n) is 6.96. The van der Waals surface area contributed by atoms with Crippen LogP contribution in [0.4, 0.5) is 5.69 Å². The zero-order chi connectivity index (χ0) is 14.9. The molecule has 0 saturated heterocycles. The first-order valence-corrected chi connectivity index (χ1v) is 6.96. The number of carbonyl (C=O) groups is 1. The van der Waals surface area contributed by atoms with E-state index < -0.39 is 5.54 Å². The molecule has 2 rings (SSSR count). The smallest absolute Gasteiger partial charge is 0.243 e. The number of fused-ring (bicyclic) bond motifs is 1. The summed E-state index contributed by atoms with van der Waals surface area (Å²) in [7, 11) is 0. The topological polar surface area (TPSA) is 60.0 Å². The van der Waals surface area contributed by atoms with Crippen molar-refractivity contribution in [2.24, 2.45) is 11.7 Å². The van der Waals surface area contributed by atoms with Gasteiger partial charge in [0.1, 0.15) is 0 Å². The molecule has 108 valence electrons. The van der Waals surface area contributed by atoms with Gasteiger partial charge in [0.2, 0.25) is 5.91 Å². The van der Waals surface area contributed by atoms with Crippen molar-refractivity contribution in [2.45, 2.75) is 39.8 Å².